The molecule has 0 saturated carbocycles. The first-order chi connectivity index (χ1) is 17.2. The van der Waals surface area contributed by atoms with E-state index in [2.05, 4.69) is 26.5 Å². The van der Waals surface area contributed by atoms with E-state index in [0.717, 1.165) is 5.56 Å². The van der Waals surface area contributed by atoms with Gasteiger partial charge in [-0.25, -0.2) is 9.50 Å². The van der Waals surface area contributed by atoms with Gasteiger partial charge in [-0.2, -0.15) is 23.5 Å². The van der Waals surface area contributed by atoms with Crippen molar-refractivity contribution in [1.29, 1.82) is 5.26 Å². The minimum absolute atomic E-state index is 0.0783. The SMILES string of the molecule is N#CCC1(N=CC(=CN)c2cnn3c(-c4cccc(CC(=O)CCC(F)(F)F)c4)cnc3c2)CNC1. The number of hydrogen-bond acceptors (Lipinski definition) is 7. The van der Waals surface area contributed by atoms with Gasteiger partial charge in [0.05, 0.1) is 42.5 Å². The summed E-state index contributed by atoms with van der Waals surface area (Å²) in [5, 5.41) is 16.7. The van der Waals surface area contributed by atoms with Crippen molar-refractivity contribution in [2.24, 2.45) is 10.7 Å². The minimum Gasteiger partial charge on any atom is -0.404 e. The van der Waals surface area contributed by atoms with Crippen LogP contribution >= 0.6 is 0 Å². The first-order valence-corrected chi connectivity index (χ1v) is 11.3. The molecule has 1 aromatic carbocycles. The van der Waals surface area contributed by atoms with Gasteiger partial charge < -0.3 is 11.1 Å². The van der Waals surface area contributed by atoms with Crippen molar-refractivity contribution < 1.29 is 18.0 Å². The second kappa shape index (κ2) is 10.3. The molecule has 0 spiro atoms. The van der Waals surface area contributed by atoms with Gasteiger partial charge in [-0.3, -0.25) is 9.79 Å². The normalized spacial score (nSPS) is 15.7. The molecule has 186 valence electrons. The molecule has 3 heterocycles. The van der Waals surface area contributed by atoms with Gasteiger partial charge in [0.2, 0.25) is 0 Å². The molecule has 11 heteroatoms. The van der Waals surface area contributed by atoms with Crippen molar-refractivity contribution in [3.8, 4) is 17.3 Å². The number of halogens is 3. The Labute approximate surface area is 205 Å². The number of hydrogen-bond donors (Lipinski definition) is 2. The number of aromatic nitrogens is 3. The van der Waals surface area contributed by atoms with Gasteiger partial charge in [-0.15, -0.1) is 0 Å². The summed E-state index contributed by atoms with van der Waals surface area (Å²) < 4.78 is 38.8. The van der Waals surface area contributed by atoms with Crippen molar-refractivity contribution in [2.45, 2.75) is 37.4 Å². The van der Waals surface area contributed by atoms with Crippen LogP contribution < -0.4 is 11.1 Å². The summed E-state index contributed by atoms with van der Waals surface area (Å²) in [6, 6.07) is 11.0. The number of nitrogens with zero attached hydrogens (tertiary/aromatic N) is 5. The van der Waals surface area contributed by atoms with Crippen LogP contribution in [0.5, 0.6) is 0 Å². The molecule has 0 radical (unpaired) electrons. The molecule has 1 aliphatic rings. The Kier molecular flexibility index (Phi) is 7.17. The fourth-order valence-electron chi connectivity index (χ4n) is 3.91. The predicted molar refractivity (Wildman–Crippen MR) is 129 cm³/mol. The van der Waals surface area contributed by atoms with Crippen LogP contribution in [0.25, 0.3) is 22.5 Å². The third kappa shape index (κ3) is 5.78. The summed E-state index contributed by atoms with van der Waals surface area (Å²) in [6.07, 6.45) is 0.555. The fourth-order valence-corrected chi connectivity index (χ4v) is 3.91. The van der Waals surface area contributed by atoms with Crippen LogP contribution in [-0.2, 0) is 11.2 Å². The predicted octanol–water partition coefficient (Wildman–Crippen LogP) is 3.48. The first kappa shape index (κ1) is 25.1. The summed E-state index contributed by atoms with van der Waals surface area (Å²) >= 11 is 0. The lowest BCUT2D eigenvalue weighted by Gasteiger charge is -2.37. The second-order valence-corrected chi connectivity index (χ2v) is 8.73. The molecule has 1 saturated heterocycles. The molecule has 3 N–H and O–H groups in total. The summed E-state index contributed by atoms with van der Waals surface area (Å²) in [5.41, 5.74) is 9.30. The average molecular weight is 496 g/mol. The smallest absolute Gasteiger partial charge is 0.389 e. The number of nitriles is 1. The molecule has 0 bridgehead atoms. The van der Waals surface area contributed by atoms with E-state index in [1.807, 2.05) is 12.1 Å². The second-order valence-electron chi connectivity index (χ2n) is 8.73. The number of imidazole rings is 1. The summed E-state index contributed by atoms with van der Waals surface area (Å²) in [6.45, 7) is 1.26. The lowest BCUT2D eigenvalue weighted by molar-refractivity contribution is -0.143. The monoisotopic (exact) mass is 495 g/mol. The highest BCUT2D eigenvalue weighted by molar-refractivity contribution is 6.10. The topological polar surface area (TPSA) is 121 Å². The van der Waals surface area contributed by atoms with E-state index in [1.165, 1.54) is 6.20 Å². The highest BCUT2D eigenvalue weighted by Crippen LogP contribution is 2.26. The number of fused-ring (bicyclic) bond motifs is 1. The molecule has 3 aromatic rings. The lowest BCUT2D eigenvalue weighted by Crippen LogP contribution is -2.58. The van der Waals surface area contributed by atoms with Crippen molar-refractivity contribution in [3.05, 3.63) is 60.1 Å². The van der Waals surface area contributed by atoms with Gasteiger partial charge in [0, 0.05) is 55.0 Å². The van der Waals surface area contributed by atoms with Gasteiger partial charge in [0.25, 0.3) is 0 Å². The number of aliphatic imine (C=N–C) groups is 1. The zero-order valence-electron chi connectivity index (χ0n) is 19.3. The van der Waals surface area contributed by atoms with Crippen molar-refractivity contribution >= 4 is 23.2 Å². The number of carbonyl (C=O) groups excluding carboxylic acids is 1. The number of benzene rings is 1. The van der Waals surface area contributed by atoms with Crippen molar-refractivity contribution in [3.63, 3.8) is 0 Å². The number of alkyl halides is 3. The summed E-state index contributed by atoms with van der Waals surface area (Å²) in [4.78, 5) is 21.0. The maximum Gasteiger partial charge on any atom is 0.389 e. The maximum absolute atomic E-state index is 12.4. The van der Waals surface area contributed by atoms with Crippen LogP contribution in [0.15, 0.2) is 53.9 Å². The lowest BCUT2D eigenvalue weighted by atomic mass is 9.90. The largest absolute Gasteiger partial charge is 0.404 e. The Hall–Kier alpha value is -4.04. The zero-order chi connectivity index (χ0) is 25.8. The van der Waals surface area contributed by atoms with E-state index in [0.29, 0.717) is 47.6 Å². The molecule has 0 aliphatic carbocycles. The van der Waals surface area contributed by atoms with E-state index >= 15 is 0 Å². The fraction of sp³-hybridized carbons (Fsp3) is 0.320. The Morgan fingerprint density at radius 1 is 1.31 bits per heavy atom. The van der Waals surface area contributed by atoms with Crippen LogP contribution in [0.2, 0.25) is 0 Å². The Morgan fingerprint density at radius 3 is 2.78 bits per heavy atom. The number of nitrogens with one attached hydrogen (secondary N) is 1. The van der Waals surface area contributed by atoms with Crippen LogP contribution in [0, 0.1) is 11.3 Å². The van der Waals surface area contributed by atoms with E-state index in [9.17, 15) is 18.0 Å². The van der Waals surface area contributed by atoms with Crippen molar-refractivity contribution in [2.75, 3.05) is 13.1 Å². The molecule has 1 fully saturated rings. The van der Waals surface area contributed by atoms with Crippen LogP contribution in [-0.4, -0.2) is 51.4 Å². The molecular weight excluding hydrogens is 471 g/mol. The quantitative estimate of drug-likeness (QED) is 0.439. The molecule has 2 aromatic heterocycles. The van der Waals surface area contributed by atoms with Gasteiger partial charge >= 0.3 is 6.18 Å². The molecule has 0 atom stereocenters. The number of nitrogens with two attached hydrogens (primary N) is 1. The van der Waals surface area contributed by atoms with Crippen LogP contribution in [0.1, 0.15) is 30.4 Å². The standard InChI is InChI=1S/C25H24F3N7O/c26-25(27,28)5-4-21(36)9-17-2-1-3-18(8-17)22-14-32-23-10-19(13-34-35(22)23)20(11-30)12-33-24(6-7-29)15-31-16-24/h1-3,8,10-14,31H,4-6,9,15-16,30H2. The van der Waals surface area contributed by atoms with E-state index in [4.69, 9.17) is 11.0 Å². The van der Waals surface area contributed by atoms with E-state index in [-0.39, 0.29) is 6.42 Å². The summed E-state index contributed by atoms with van der Waals surface area (Å²) in [5.74, 6) is -0.470. The highest BCUT2D eigenvalue weighted by Gasteiger charge is 2.35. The highest BCUT2D eigenvalue weighted by atomic mass is 19.4. The first-order valence-electron chi connectivity index (χ1n) is 11.3. The van der Waals surface area contributed by atoms with Gasteiger partial charge in [-0.1, -0.05) is 18.2 Å². The molecule has 1 aliphatic heterocycles. The van der Waals surface area contributed by atoms with Crippen LogP contribution in [0.4, 0.5) is 13.2 Å². The van der Waals surface area contributed by atoms with E-state index < -0.39 is 30.3 Å². The van der Waals surface area contributed by atoms with Gasteiger partial charge in [0.1, 0.15) is 5.78 Å². The van der Waals surface area contributed by atoms with E-state index in [1.54, 1.807) is 41.3 Å². The molecule has 0 unspecified atom stereocenters. The summed E-state index contributed by atoms with van der Waals surface area (Å²) in [7, 11) is 0. The Balaban J connectivity index is 1.53. The molecule has 0 amide bonds. The molecular formula is C25H24F3N7O. The molecule has 8 nitrogen and oxygen atoms in total. The van der Waals surface area contributed by atoms with Crippen LogP contribution in [0.3, 0.4) is 0 Å². The van der Waals surface area contributed by atoms with Crippen molar-refractivity contribution in [1.82, 2.24) is 19.9 Å². The minimum atomic E-state index is -4.35. The third-order valence-electron chi connectivity index (χ3n) is 5.98. The Bertz CT molecular complexity index is 1360. The number of rotatable bonds is 9. The van der Waals surface area contributed by atoms with Gasteiger partial charge in [-0.05, 0) is 17.7 Å². The number of carbonyl (C=O) groups is 1. The third-order valence-corrected chi connectivity index (χ3v) is 5.98. The molecule has 36 heavy (non-hydrogen) atoms. The Morgan fingerprint density at radius 2 is 2.11 bits per heavy atom. The number of allylic oxidation sites excluding steroid dienone is 1. The zero-order valence-corrected chi connectivity index (χ0v) is 19.3. The maximum atomic E-state index is 12.4. The number of Topliss-reactive ketones (excluding diaryl/α,β-unsaturated/α-hetero) is 1. The average Bonchev–Trinajstić information content (AvgIpc) is 3.24. The van der Waals surface area contributed by atoms with Gasteiger partial charge in [0.15, 0.2) is 5.65 Å². The molecule has 4 rings (SSSR count). The number of ketones is 1.